The Kier molecular flexibility index (Phi) is 4.46. The first-order chi connectivity index (χ1) is 13.5. The van der Waals surface area contributed by atoms with Gasteiger partial charge in [-0.1, -0.05) is 25.5 Å². The third kappa shape index (κ3) is 2.27. The van der Waals surface area contributed by atoms with Gasteiger partial charge in [-0.15, -0.1) is 0 Å². The molecule has 0 saturated heterocycles. The predicted molar refractivity (Wildman–Crippen MR) is 107 cm³/mol. The number of carbonyl (C=O) groups excluding carboxylic acids is 2. The van der Waals surface area contributed by atoms with Gasteiger partial charge in [0, 0.05) is 23.3 Å². The number of halogens is 1. The molecule has 0 bridgehead atoms. The molecule has 0 aromatic heterocycles. The maximum Gasteiger partial charge on any atom is 0.252 e. The quantitative estimate of drug-likeness (QED) is 0.659. The molecule has 3 fully saturated rings. The van der Waals surface area contributed by atoms with Crippen LogP contribution >= 0.6 is 0 Å². The van der Waals surface area contributed by atoms with Crippen molar-refractivity contribution in [1.82, 2.24) is 5.32 Å². The highest BCUT2D eigenvalue weighted by molar-refractivity contribution is 6.01. The number of fused-ring (bicyclic) bond motifs is 5. The number of alkyl halides is 1. The Bertz CT molecular complexity index is 824. The van der Waals surface area contributed by atoms with Crippen LogP contribution in [0.2, 0.25) is 0 Å². The molecule has 4 aliphatic rings. The molecule has 1 amide bonds. The molecule has 0 aromatic carbocycles. The molecule has 0 radical (unpaired) electrons. The zero-order valence-electron chi connectivity index (χ0n) is 17.7. The first-order valence-corrected chi connectivity index (χ1v) is 10.8. The molecule has 3 saturated carbocycles. The van der Waals surface area contributed by atoms with Gasteiger partial charge in [0.25, 0.3) is 5.91 Å². The molecule has 4 rings (SSSR count). The lowest BCUT2D eigenvalue weighted by Gasteiger charge is -2.62. The van der Waals surface area contributed by atoms with Crippen LogP contribution in [-0.2, 0) is 9.59 Å². The van der Waals surface area contributed by atoms with Gasteiger partial charge in [0.1, 0.15) is 0 Å². The second-order valence-corrected chi connectivity index (χ2v) is 10.0. The summed E-state index contributed by atoms with van der Waals surface area (Å²) in [6.07, 6.45) is 4.81. The highest BCUT2D eigenvalue weighted by Crippen LogP contribution is 2.70. The topological polar surface area (TPSA) is 86.6 Å². The molecule has 0 spiro atoms. The summed E-state index contributed by atoms with van der Waals surface area (Å²) >= 11 is 0. The average Bonchev–Trinajstić information content (AvgIpc) is 2.85. The number of amides is 1. The first-order valence-electron chi connectivity index (χ1n) is 10.8. The zero-order valence-corrected chi connectivity index (χ0v) is 17.7. The lowest BCUT2D eigenvalue weighted by molar-refractivity contribution is -0.219. The summed E-state index contributed by atoms with van der Waals surface area (Å²) in [5.74, 6) is -1.64. The zero-order chi connectivity index (χ0) is 21.4. The first kappa shape index (κ1) is 20.7. The van der Waals surface area contributed by atoms with Crippen LogP contribution in [-0.4, -0.2) is 45.8 Å². The van der Waals surface area contributed by atoms with Gasteiger partial charge in [-0.2, -0.15) is 0 Å². The van der Waals surface area contributed by atoms with E-state index < -0.39 is 40.0 Å². The number of aliphatic hydroxyl groups is 2. The van der Waals surface area contributed by atoms with Crippen LogP contribution in [0.3, 0.4) is 0 Å². The predicted octanol–water partition coefficient (Wildman–Crippen LogP) is 2.47. The number of ketones is 1. The molecular formula is C23H32FNO4. The minimum Gasteiger partial charge on any atom is -0.390 e. The van der Waals surface area contributed by atoms with Crippen molar-refractivity contribution in [3.05, 3.63) is 23.8 Å². The summed E-state index contributed by atoms with van der Waals surface area (Å²) in [5, 5.41) is 25.6. The molecule has 0 aromatic rings. The van der Waals surface area contributed by atoms with Crippen molar-refractivity contribution in [3.8, 4) is 0 Å². The summed E-state index contributed by atoms with van der Waals surface area (Å²) in [6.45, 7) is 7.66. The number of likely N-dealkylation sites (N-methyl/N-ethyl adjacent to an activating group) is 1. The van der Waals surface area contributed by atoms with Gasteiger partial charge in [-0.05, 0) is 63.5 Å². The molecular weight excluding hydrogens is 373 g/mol. The van der Waals surface area contributed by atoms with Crippen LogP contribution in [0.15, 0.2) is 23.8 Å². The Morgan fingerprint density at radius 3 is 2.69 bits per heavy atom. The number of allylic oxidation sites excluding steroid dienone is 4. The number of hydrogen-bond donors (Lipinski definition) is 3. The van der Waals surface area contributed by atoms with Crippen LogP contribution in [0, 0.1) is 28.6 Å². The molecule has 0 heterocycles. The summed E-state index contributed by atoms with van der Waals surface area (Å²) in [5.41, 5.74) is -4.83. The molecule has 160 valence electrons. The number of carbonyl (C=O) groups is 2. The molecule has 3 N–H and O–H groups in total. The second-order valence-electron chi connectivity index (χ2n) is 10.0. The Morgan fingerprint density at radius 2 is 2.03 bits per heavy atom. The highest BCUT2D eigenvalue weighted by Gasteiger charge is 2.75. The van der Waals surface area contributed by atoms with Crippen molar-refractivity contribution >= 4 is 11.7 Å². The summed E-state index contributed by atoms with van der Waals surface area (Å²) in [4.78, 5) is 24.8. The largest absolute Gasteiger partial charge is 0.390 e. The second kappa shape index (κ2) is 6.24. The van der Waals surface area contributed by atoms with E-state index in [9.17, 15) is 19.8 Å². The fourth-order valence-corrected chi connectivity index (χ4v) is 7.33. The van der Waals surface area contributed by atoms with Gasteiger partial charge in [0.2, 0.25) is 0 Å². The van der Waals surface area contributed by atoms with Gasteiger partial charge in [-0.25, -0.2) is 4.39 Å². The van der Waals surface area contributed by atoms with Crippen LogP contribution in [0.5, 0.6) is 0 Å². The van der Waals surface area contributed by atoms with Gasteiger partial charge in [0.05, 0.1) is 6.10 Å². The standard InChI is InChI=1S/C23H32FNO4/c1-5-25-19(28)23(29)13(2)10-17-16-7-6-14-11-15(26)8-9-20(14,3)22(16,24)18(27)12-21(17,23)4/h8-9,11,13,16-18,27,29H,5-7,10,12H2,1-4H3,(H,25,28)/t13-,16+,17+,18+,20+,21+,22+,23+/m1/s1. The maximum atomic E-state index is 17.0. The fourth-order valence-electron chi connectivity index (χ4n) is 7.33. The lowest BCUT2D eigenvalue weighted by atomic mass is 9.44. The number of rotatable bonds is 2. The molecule has 0 unspecified atom stereocenters. The summed E-state index contributed by atoms with van der Waals surface area (Å²) in [6, 6.07) is 0. The van der Waals surface area contributed by atoms with Crippen LogP contribution in [0.1, 0.15) is 53.4 Å². The van der Waals surface area contributed by atoms with E-state index in [-0.39, 0.29) is 24.0 Å². The minimum atomic E-state index is -1.94. The van der Waals surface area contributed by atoms with E-state index in [0.29, 0.717) is 25.8 Å². The molecule has 6 heteroatoms. The highest BCUT2D eigenvalue weighted by atomic mass is 19.1. The third-order valence-corrected chi connectivity index (χ3v) is 8.91. The molecule has 4 aliphatic carbocycles. The third-order valence-electron chi connectivity index (χ3n) is 8.91. The number of hydrogen-bond acceptors (Lipinski definition) is 4. The fraction of sp³-hybridized carbons (Fsp3) is 0.739. The van der Waals surface area contributed by atoms with Crippen molar-refractivity contribution < 1.29 is 24.2 Å². The Labute approximate surface area is 171 Å². The van der Waals surface area contributed by atoms with Gasteiger partial charge < -0.3 is 15.5 Å². The maximum absolute atomic E-state index is 17.0. The molecule has 29 heavy (non-hydrogen) atoms. The SMILES string of the molecule is CCNC(=O)[C@@]1(O)[C@H](C)C[C@H]2[C@@H]3CCC4=CC(=O)C=C[C@]4(C)[C@@]3(F)[C@@H](O)C[C@@]21C. The van der Waals surface area contributed by atoms with Crippen molar-refractivity contribution in [2.75, 3.05) is 6.54 Å². The van der Waals surface area contributed by atoms with Crippen molar-refractivity contribution in [2.24, 2.45) is 28.6 Å². The van der Waals surface area contributed by atoms with Crippen LogP contribution < -0.4 is 5.32 Å². The molecule has 0 aliphatic heterocycles. The monoisotopic (exact) mass is 405 g/mol. The van der Waals surface area contributed by atoms with Crippen molar-refractivity contribution in [3.63, 3.8) is 0 Å². The summed E-state index contributed by atoms with van der Waals surface area (Å²) < 4.78 is 17.0. The molecule has 5 nitrogen and oxygen atoms in total. The van der Waals surface area contributed by atoms with E-state index in [4.69, 9.17) is 0 Å². The molecule has 8 atom stereocenters. The van der Waals surface area contributed by atoms with Gasteiger partial charge in [0.15, 0.2) is 17.1 Å². The van der Waals surface area contributed by atoms with Gasteiger partial charge >= 0.3 is 0 Å². The summed E-state index contributed by atoms with van der Waals surface area (Å²) in [7, 11) is 0. The Morgan fingerprint density at radius 1 is 1.34 bits per heavy atom. The Hall–Kier alpha value is -1.53. The van der Waals surface area contributed by atoms with Crippen LogP contribution in [0.4, 0.5) is 4.39 Å². The van der Waals surface area contributed by atoms with E-state index >= 15 is 4.39 Å². The van der Waals surface area contributed by atoms with E-state index in [1.165, 1.54) is 12.2 Å². The van der Waals surface area contributed by atoms with E-state index in [2.05, 4.69) is 5.32 Å². The smallest absolute Gasteiger partial charge is 0.252 e. The van der Waals surface area contributed by atoms with E-state index in [0.717, 1.165) is 5.57 Å². The van der Waals surface area contributed by atoms with Crippen LogP contribution in [0.25, 0.3) is 0 Å². The van der Waals surface area contributed by atoms with Crippen molar-refractivity contribution in [2.45, 2.75) is 70.8 Å². The average molecular weight is 406 g/mol. The Balaban J connectivity index is 1.81. The lowest BCUT2D eigenvalue weighted by Crippen LogP contribution is -2.70. The van der Waals surface area contributed by atoms with Gasteiger partial charge in [-0.3, -0.25) is 9.59 Å². The normalized spacial score (nSPS) is 51.0. The van der Waals surface area contributed by atoms with E-state index in [1.807, 2.05) is 13.8 Å². The number of aliphatic hydroxyl groups excluding tert-OH is 1. The minimum absolute atomic E-state index is 0.00724. The number of nitrogens with one attached hydrogen (secondary N) is 1. The van der Waals surface area contributed by atoms with Crippen molar-refractivity contribution in [1.29, 1.82) is 0 Å². The van der Waals surface area contributed by atoms with E-state index in [1.54, 1.807) is 19.9 Å².